The Hall–Kier alpha value is -1.75. The Balaban J connectivity index is 1.78. The van der Waals surface area contributed by atoms with Gasteiger partial charge in [0.15, 0.2) is 0 Å². The summed E-state index contributed by atoms with van der Waals surface area (Å²) in [7, 11) is 0. The summed E-state index contributed by atoms with van der Waals surface area (Å²) in [6.07, 6.45) is 4.64. The molecule has 5 heteroatoms. The summed E-state index contributed by atoms with van der Waals surface area (Å²) in [5.74, 6) is 0. The van der Waals surface area contributed by atoms with E-state index in [4.69, 9.17) is 4.74 Å². The fourth-order valence-electron chi connectivity index (χ4n) is 2.63. The normalized spacial score (nSPS) is 14.7. The molecule has 0 spiro atoms. The zero-order valence-corrected chi connectivity index (χ0v) is 13.4. The van der Waals surface area contributed by atoms with E-state index < -0.39 is 0 Å². The van der Waals surface area contributed by atoms with Gasteiger partial charge in [0.2, 0.25) is 0 Å². The van der Waals surface area contributed by atoms with Gasteiger partial charge in [0.05, 0.1) is 0 Å². The van der Waals surface area contributed by atoms with Crippen molar-refractivity contribution in [3.63, 3.8) is 0 Å². The topological polar surface area (TPSA) is 53.6 Å². The van der Waals surface area contributed by atoms with Gasteiger partial charge in [-0.15, -0.1) is 0 Å². The van der Waals surface area contributed by atoms with Crippen molar-refractivity contribution in [3.8, 4) is 0 Å². The second-order valence-corrected chi connectivity index (χ2v) is 5.53. The maximum Gasteiger partial charge on any atom is 0.319 e. The standard InChI is InChI=1S/C17H27N3O2/c1-2-22-13-7-10-18-17(21)19-15-8-6-9-16(14-15)20-11-4-3-5-12-20/h6,8-9,14H,2-5,7,10-13H2,1H3,(H2,18,19,21). The second kappa shape index (κ2) is 9.30. The summed E-state index contributed by atoms with van der Waals surface area (Å²) >= 11 is 0. The molecule has 22 heavy (non-hydrogen) atoms. The molecule has 0 aromatic heterocycles. The van der Waals surface area contributed by atoms with E-state index in [0.717, 1.165) is 31.8 Å². The van der Waals surface area contributed by atoms with Crippen LogP contribution in [-0.4, -0.2) is 38.9 Å². The van der Waals surface area contributed by atoms with Gasteiger partial charge in [-0.25, -0.2) is 4.79 Å². The van der Waals surface area contributed by atoms with E-state index in [0.29, 0.717) is 13.2 Å². The zero-order valence-electron chi connectivity index (χ0n) is 13.4. The van der Waals surface area contributed by atoms with Crippen molar-refractivity contribution >= 4 is 17.4 Å². The van der Waals surface area contributed by atoms with Crippen LogP contribution < -0.4 is 15.5 Å². The molecule has 5 nitrogen and oxygen atoms in total. The molecule has 0 aliphatic carbocycles. The van der Waals surface area contributed by atoms with E-state index in [1.54, 1.807) is 0 Å². The van der Waals surface area contributed by atoms with E-state index in [1.165, 1.54) is 24.9 Å². The van der Waals surface area contributed by atoms with Gasteiger partial charge in [-0.3, -0.25) is 0 Å². The van der Waals surface area contributed by atoms with Crippen LogP contribution >= 0.6 is 0 Å². The molecule has 0 radical (unpaired) electrons. The highest BCUT2D eigenvalue weighted by Crippen LogP contribution is 2.22. The van der Waals surface area contributed by atoms with Gasteiger partial charge in [-0.1, -0.05) is 6.07 Å². The summed E-state index contributed by atoms with van der Waals surface area (Å²) < 4.78 is 5.24. The molecule has 0 unspecified atom stereocenters. The van der Waals surface area contributed by atoms with Crippen molar-refractivity contribution < 1.29 is 9.53 Å². The van der Waals surface area contributed by atoms with Crippen LogP contribution in [0.15, 0.2) is 24.3 Å². The molecule has 0 saturated carbocycles. The number of hydrogen-bond donors (Lipinski definition) is 2. The van der Waals surface area contributed by atoms with Gasteiger partial charge in [0, 0.05) is 44.2 Å². The smallest absolute Gasteiger partial charge is 0.319 e. The molecular weight excluding hydrogens is 278 g/mol. The molecule has 1 aliphatic heterocycles. The second-order valence-electron chi connectivity index (χ2n) is 5.53. The SMILES string of the molecule is CCOCCCNC(=O)Nc1cccc(N2CCCCC2)c1. The van der Waals surface area contributed by atoms with Crippen molar-refractivity contribution in [1.82, 2.24) is 5.32 Å². The third-order valence-corrected chi connectivity index (χ3v) is 3.78. The Labute approximate surface area is 133 Å². The van der Waals surface area contributed by atoms with Crippen LogP contribution in [0.3, 0.4) is 0 Å². The first-order chi connectivity index (χ1) is 10.8. The van der Waals surface area contributed by atoms with Crippen molar-refractivity contribution in [3.05, 3.63) is 24.3 Å². The van der Waals surface area contributed by atoms with Gasteiger partial charge in [-0.2, -0.15) is 0 Å². The van der Waals surface area contributed by atoms with E-state index >= 15 is 0 Å². The molecule has 122 valence electrons. The van der Waals surface area contributed by atoms with Gasteiger partial charge in [0.25, 0.3) is 0 Å². The van der Waals surface area contributed by atoms with Crippen LogP contribution in [0, 0.1) is 0 Å². The molecule has 1 saturated heterocycles. The molecule has 2 N–H and O–H groups in total. The van der Waals surface area contributed by atoms with Crippen LogP contribution in [0.1, 0.15) is 32.6 Å². The van der Waals surface area contributed by atoms with Crippen LogP contribution in [0.25, 0.3) is 0 Å². The van der Waals surface area contributed by atoms with Crippen LogP contribution in [0.2, 0.25) is 0 Å². The molecule has 1 aliphatic rings. The Morgan fingerprint density at radius 1 is 1.27 bits per heavy atom. The van der Waals surface area contributed by atoms with Crippen LogP contribution in [0.4, 0.5) is 16.2 Å². The third-order valence-electron chi connectivity index (χ3n) is 3.78. The summed E-state index contributed by atoms with van der Waals surface area (Å²) in [6.45, 7) is 6.20. The number of carbonyl (C=O) groups excluding carboxylic acids is 1. The average molecular weight is 305 g/mol. The van der Waals surface area contributed by atoms with E-state index in [9.17, 15) is 4.79 Å². The molecular formula is C17H27N3O2. The maximum atomic E-state index is 11.9. The monoisotopic (exact) mass is 305 g/mol. The first kappa shape index (κ1) is 16.6. The predicted molar refractivity (Wildman–Crippen MR) is 90.6 cm³/mol. The number of urea groups is 1. The summed E-state index contributed by atoms with van der Waals surface area (Å²) in [6, 6.07) is 7.91. The maximum absolute atomic E-state index is 11.9. The number of carbonyl (C=O) groups is 1. The number of nitrogens with one attached hydrogen (secondary N) is 2. The largest absolute Gasteiger partial charge is 0.382 e. The first-order valence-electron chi connectivity index (χ1n) is 8.27. The minimum absolute atomic E-state index is 0.160. The first-order valence-corrected chi connectivity index (χ1v) is 8.27. The molecule has 1 aromatic carbocycles. The summed E-state index contributed by atoms with van der Waals surface area (Å²) in [4.78, 5) is 14.2. The van der Waals surface area contributed by atoms with Crippen LogP contribution in [0.5, 0.6) is 0 Å². The summed E-state index contributed by atoms with van der Waals surface area (Å²) in [5, 5.41) is 5.74. The molecule has 2 rings (SSSR count). The Kier molecular flexibility index (Phi) is 7.03. The van der Waals surface area contributed by atoms with Gasteiger partial charge in [-0.05, 0) is 50.8 Å². The Morgan fingerprint density at radius 2 is 2.09 bits per heavy atom. The lowest BCUT2D eigenvalue weighted by Crippen LogP contribution is -2.31. The lowest BCUT2D eigenvalue weighted by atomic mass is 10.1. The number of rotatable bonds is 7. The fourth-order valence-corrected chi connectivity index (χ4v) is 2.63. The highest BCUT2D eigenvalue weighted by molar-refractivity contribution is 5.89. The average Bonchev–Trinajstić information content (AvgIpc) is 2.56. The molecule has 0 bridgehead atoms. The highest BCUT2D eigenvalue weighted by atomic mass is 16.5. The summed E-state index contributed by atoms with van der Waals surface area (Å²) in [5.41, 5.74) is 2.03. The highest BCUT2D eigenvalue weighted by Gasteiger charge is 2.11. The minimum Gasteiger partial charge on any atom is -0.382 e. The number of benzene rings is 1. The van der Waals surface area contributed by atoms with Crippen molar-refractivity contribution in [2.45, 2.75) is 32.6 Å². The molecule has 1 fully saturated rings. The lowest BCUT2D eigenvalue weighted by Gasteiger charge is -2.29. The Bertz CT molecular complexity index is 459. The van der Waals surface area contributed by atoms with Gasteiger partial charge >= 0.3 is 6.03 Å². The molecule has 1 heterocycles. The van der Waals surface area contributed by atoms with E-state index in [-0.39, 0.29) is 6.03 Å². The fraction of sp³-hybridized carbons (Fsp3) is 0.588. The lowest BCUT2D eigenvalue weighted by molar-refractivity contribution is 0.145. The quantitative estimate of drug-likeness (QED) is 0.761. The van der Waals surface area contributed by atoms with Crippen molar-refractivity contribution in [1.29, 1.82) is 0 Å². The number of anilines is 2. The van der Waals surface area contributed by atoms with Gasteiger partial charge in [0.1, 0.15) is 0 Å². The number of ether oxygens (including phenoxy) is 1. The predicted octanol–water partition coefficient (Wildman–Crippen LogP) is 3.23. The third kappa shape index (κ3) is 5.56. The van der Waals surface area contributed by atoms with Gasteiger partial charge < -0.3 is 20.3 Å². The molecule has 2 amide bonds. The number of piperidine rings is 1. The minimum atomic E-state index is -0.160. The van der Waals surface area contributed by atoms with Crippen molar-refractivity contribution in [2.75, 3.05) is 43.1 Å². The number of amides is 2. The van der Waals surface area contributed by atoms with Crippen LogP contribution in [-0.2, 0) is 4.74 Å². The van der Waals surface area contributed by atoms with Crippen molar-refractivity contribution in [2.24, 2.45) is 0 Å². The Morgan fingerprint density at radius 3 is 2.86 bits per heavy atom. The molecule has 0 atom stereocenters. The molecule has 1 aromatic rings. The number of nitrogens with zero attached hydrogens (tertiary/aromatic N) is 1. The number of hydrogen-bond acceptors (Lipinski definition) is 3. The van der Waals surface area contributed by atoms with E-state index in [2.05, 4.69) is 21.6 Å². The zero-order chi connectivity index (χ0) is 15.6. The van der Waals surface area contributed by atoms with E-state index in [1.807, 2.05) is 25.1 Å².